The molecule has 0 fully saturated rings. The van der Waals surface area contributed by atoms with Crippen LogP contribution in [0.3, 0.4) is 0 Å². The minimum absolute atomic E-state index is 0.367. The number of fused-ring (bicyclic) bond motifs is 1. The number of hydrogen-bond acceptors (Lipinski definition) is 2. The quantitative estimate of drug-likeness (QED) is 0.753. The van der Waals surface area contributed by atoms with Gasteiger partial charge in [0.05, 0.1) is 5.69 Å². The maximum Gasteiger partial charge on any atom is 0.0956 e. The molecule has 3 heteroatoms. The Labute approximate surface area is 107 Å². The van der Waals surface area contributed by atoms with E-state index in [0.717, 1.165) is 29.8 Å². The fourth-order valence-electron chi connectivity index (χ4n) is 2.75. The highest BCUT2D eigenvalue weighted by Gasteiger charge is 2.29. The van der Waals surface area contributed by atoms with Crippen molar-refractivity contribution in [3.63, 3.8) is 0 Å². The van der Waals surface area contributed by atoms with E-state index in [9.17, 15) is 0 Å². The molecule has 0 unspecified atom stereocenters. The zero-order valence-electron chi connectivity index (χ0n) is 11.0. The number of aromatic nitrogens is 2. The summed E-state index contributed by atoms with van der Waals surface area (Å²) >= 11 is 0. The Morgan fingerprint density at radius 3 is 2.94 bits per heavy atom. The number of nitrogens with two attached hydrogens (primary N) is 1. The lowest BCUT2D eigenvalue weighted by molar-refractivity contribution is 0.314. The third-order valence-corrected chi connectivity index (χ3v) is 3.82. The number of H-pyrrole nitrogens is 1. The van der Waals surface area contributed by atoms with Gasteiger partial charge < -0.3 is 5.73 Å². The van der Waals surface area contributed by atoms with E-state index in [0.29, 0.717) is 5.41 Å². The number of aromatic amines is 1. The first-order valence-electron chi connectivity index (χ1n) is 6.47. The minimum atomic E-state index is 0.367. The van der Waals surface area contributed by atoms with E-state index in [1.165, 1.54) is 17.7 Å². The number of nitrogens with one attached hydrogen (secondary N) is 1. The van der Waals surface area contributed by atoms with E-state index < -0.39 is 0 Å². The number of hydrogen-bond donors (Lipinski definition) is 2. The van der Waals surface area contributed by atoms with Crippen LogP contribution >= 0.6 is 0 Å². The maximum atomic E-state index is 5.86. The Morgan fingerprint density at radius 1 is 1.33 bits per heavy atom. The van der Waals surface area contributed by atoms with Crippen LogP contribution in [0.25, 0.3) is 11.3 Å². The lowest BCUT2D eigenvalue weighted by Gasteiger charge is -2.29. The predicted octanol–water partition coefficient (Wildman–Crippen LogP) is 3.17. The second-order valence-electron chi connectivity index (χ2n) is 6.00. The monoisotopic (exact) mass is 241 g/mol. The molecule has 3 nitrogen and oxygen atoms in total. The molecule has 0 spiro atoms. The van der Waals surface area contributed by atoms with Gasteiger partial charge in [0, 0.05) is 22.5 Å². The second-order valence-corrected chi connectivity index (χ2v) is 6.00. The number of benzene rings is 1. The largest absolute Gasteiger partial charge is 0.399 e. The van der Waals surface area contributed by atoms with Gasteiger partial charge in [0.1, 0.15) is 0 Å². The van der Waals surface area contributed by atoms with Crippen LogP contribution in [-0.4, -0.2) is 10.2 Å². The Bertz CT molecular complexity index is 581. The van der Waals surface area contributed by atoms with Gasteiger partial charge in [0.15, 0.2) is 0 Å². The highest BCUT2D eigenvalue weighted by Crippen LogP contribution is 2.38. The Morgan fingerprint density at radius 2 is 2.17 bits per heavy atom. The molecular weight excluding hydrogens is 222 g/mol. The standard InChI is InChI=1S/C15H19N3/c1-15(2)7-6-13-12(9-15)14(18-17-13)10-4-3-5-11(16)8-10/h3-5,8H,6-7,9,16H2,1-2H3,(H,17,18). The van der Waals surface area contributed by atoms with Crippen LogP contribution in [-0.2, 0) is 12.8 Å². The van der Waals surface area contributed by atoms with Gasteiger partial charge in [-0.2, -0.15) is 5.10 Å². The number of anilines is 1. The zero-order valence-corrected chi connectivity index (χ0v) is 11.0. The molecule has 3 N–H and O–H groups in total. The average molecular weight is 241 g/mol. The van der Waals surface area contributed by atoms with Crippen molar-refractivity contribution in [3.05, 3.63) is 35.5 Å². The molecule has 1 heterocycles. The Balaban J connectivity index is 2.07. The molecule has 0 radical (unpaired) electrons. The van der Waals surface area contributed by atoms with Crippen molar-refractivity contribution in [2.24, 2.45) is 5.41 Å². The normalized spacial score (nSPS) is 17.4. The lowest BCUT2D eigenvalue weighted by Crippen LogP contribution is -2.21. The van der Waals surface area contributed by atoms with Crippen molar-refractivity contribution in [2.45, 2.75) is 33.1 Å². The van der Waals surface area contributed by atoms with Gasteiger partial charge in [0.2, 0.25) is 0 Å². The van der Waals surface area contributed by atoms with Gasteiger partial charge in [-0.25, -0.2) is 0 Å². The van der Waals surface area contributed by atoms with Gasteiger partial charge in [-0.05, 0) is 36.8 Å². The minimum Gasteiger partial charge on any atom is -0.399 e. The van der Waals surface area contributed by atoms with Crippen LogP contribution in [0.2, 0.25) is 0 Å². The fraction of sp³-hybridized carbons (Fsp3) is 0.400. The summed E-state index contributed by atoms with van der Waals surface area (Å²) in [6, 6.07) is 7.97. The molecule has 0 bridgehead atoms. The molecule has 1 aliphatic rings. The number of rotatable bonds is 1. The van der Waals surface area contributed by atoms with Crippen molar-refractivity contribution in [1.82, 2.24) is 10.2 Å². The molecule has 0 saturated heterocycles. The van der Waals surface area contributed by atoms with Crippen LogP contribution in [0.4, 0.5) is 5.69 Å². The van der Waals surface area contributed by atoms with Crippen molar-refractivity contribution < 1.29 is 0 Å². The molecule has 1 aromatic carbocycles. The molecule has 0 saturated carbocycles. The SMILES string of the molecule is CC1(C)CCc2[nH]nc(-c3cccc(N)c3)c2C1. The van der Waals surface area contributed by atoms with Crippen molar-refractivity contribution in [3.8, 4) is 11.3 Å². The van der Waals surface area contributed by atoms with Gasteiger partial charge in [-0.1, -0.05) is 26.0 Å². The Hall–Kier alpha value is -1.77. The van der Waals surface area contributed by atoms with E-state index in [1.54, 1.807) is 0 Å². The van der Waals surface area contributed by atoms with Crippen LogP contribution in [0.1, 0.15) is 31.5 Å². The molecule has 1 aliphatic carbocycles. The molecule has 18 heavy (non-hydrogen) atoms. The first-order chi connectivity index (χ1) is 8.55. The number of aryl methyl sites for hydroxylation is 1. The van der Waals surface area contributed by atoms with Gasteiger partial charge in [-0.15, -0.1) is 0 Å². The Kier molecular flexibility index (Phi) is 2.44. The van der Waals surface area contributed by atoms with E-state index >= 15 is 0 Å². The van der Waals surface area contributed by atoms with Gasteiger partial charge >= 0.3 is 0 Å². The number of nitrogen functional groups attached to an aromatic ring is 1. The number of nitrogens with zero attached hydrogens (tertiary/aromatic N) is 1. The summed E-state index contributed by atoms with van der Waals surface area (Å²) in [5, 5.41) is 7.69. The molecule has 94 valence electrons. The maximum absolute atomic E-state index is 5.86. The summed E-state index contributed by atoms with van der Waals surface area (Å²) in [6.07, 6.45) is 3.40. The first kappa shape index (κ1) is 11.3. The summed E-state index contributed by atoms with van der Waals surface area (Å²) < 4.78 is 0. The summed E-state index contributed by atoms with van der Waals surface area (Å²) in [5.41, 5.74) is 11.9. The highest BCUT2D eigenvalue weighted by atomic mass is 15.1. The van der Waals surface area contributed by atoms with Crippen LogP contribution in [0, 0.1) is 5.41 Å². The topological polar surface area (TPSA) is 54.7 Å². The van der Waals surface area contributed by atoms with Crippen molar-refractivity contribution in [1.29, 1.82) is 0 Å². The van der Waals surface area contributed by atoms with Crippen LogP contribution in [0.5, 0.6) is 0 Å². The molecule has 1 aromatic heterocycles. The highest BCUT2D eigenvalue weighted by molar-refractivity contribution is 5.68. The molecule has 3 rings (SSSR count). The van der Waals surface area contributed by atoms with E-state index in [4.69, 9.17) is 5.73 Å². The summed E-state index contributed by atoms with van der Waals surface area (Å²) in [4.78, 5) is 0. The smallest absolute Gasteiger partial charge is 0.0956 e. The van der Waals surface area contributed by atoms with Gasteiger partial charge in [-0.3, -0.25) is 5.10 Å². The molecule has 0 aliphatic heterocycles. The van der Waals surface area contributed by atoms with Crippen molar-refractivity contribution >= 4 is 5.69 Å². The molecular formula is C15H19N3. The first-order valence-corrected chi connectivity index (χ1v) is 6.47. The molecule has 0 atom stereocenters. The fourth-order valence-corrected chi connectivity index (χ4v) is 2.75. The summed E-state index contributed by atoms with van der Waals surface area (Å²) in [6.45, 7) is 4.65. The van der Waals surface area contributed by atoms with E-state index in [1.807, 2.05) is 18.2 Å². The zero-order chi connectivity index (χ0) is 12.8. The van der Waals surface area contributed by atoms with E-state index in [-0.39, 0.29) is 0 Å². The van der Waals surface area contributed by atoms with Gasteiger partial charge in [0.25, 0.3) is 0 Å². The average Bonchev–Trinajstić information content (AvgIpc) is 2.70. The van der Waals surface area contributed by atoms with E-state index in [2.05, 4.69) is 30.1 Å². The third-order valence-electron chi connectivity index (χ3n) is 3.82. The van der Waals surface area contributed by atoms with Crippen LogP contribution < -0.4 is 5.73 Å². The second kappa shape index (κ2) is 3.87. The van der Waals surface area contributed by atoms with Crippen molar-refractivity contribution in [2.75, 3.05) is 5.73 Å². The molecule has 0 amide bonds. The summed E-state index contributed by atoms with van der Waals surface area (Å²) in [5.74, 6) is 0. The lowest BCUT2D eigenvalue weighted by atomic mass is 9.75. The molecule has 2 aromatic rings. The predicted molar refractivity (Wildman–Crippen MR) is 74.2 cm³/mol. The third kappa shape index (κ3) is 1.90. The summed E-state index contributed by atoms with van der Waals surface area (Å²) in [7, 11) is 0. The van der Waals surface area contributed by atoms with Crippen LogP contribution in [0.15, 0.2) is 24.3 Å².